The molecular formula is C21H29N3O2. The maximum atomic E-state index is 11.2. The van der Waals surface area contributed by atoms with Gasteiger partial charge in [0.15, 0.2) is 0 Å². The average Bonchev–Trinajstić information content (AvgIpc) is 3.04. The second-order valence-electron chi connectivity index (χ2n) is 7.55. The van der Waals surface area contributed by atoms with Crippen LogP contribution in [0.15, 0.2) is 47.3 Å². The number of nitrogens with one attached hydrogen (secondary N) is 1. The number of aromatic amines is 1. The minimum absolute atomic E-state index is 0.166. The van der Waals surface area contributed by atoms with Crippen LogP contribution in [0.1, 0.15) is 36.9 Å². The third-order valence-electron chi connectivity index (χ3n) is 5.51. The highest BCUT2D eigenvalue weighted by Gasteiger charge is 2.32. The molecule has 0 saturated carbocycles. The monoisotopic (exact) mass is 355 g/mol. The highest BCUT2D eigenvalue weighted by atomic mass is 16.3. The number of nitrogens with zero attached hydrogens (tertiary/aromatic N) is 2. The van der Waals surface area contributed by atoms with Crippen LogP contribution in [0.5, 0.6) is 0 Å². The molecule has 1 aromatic carbocycles. The molecule has 1 aliphatic rings. The van der Waals surface area contributed by atoms with Crippen molar-refractivity contribution < 1.29 is 5.11 Å². The molecule has 2 N–H and O–H groups in total. The molecule has 1 aliphatic heterocycles. The Hall–Kier alpha value is -1.98. The number of rotatable bonds is 8. The molecule has 0 spiro atoms. The van der Waals surface area contributed by atoms with Gasteiger partial charge in [0.2, 0.25) is 0 Å². The van der Waals surface area contributed by atoms with Crippen molar-refractivity contribution in [2.24, 2.45) is 11.8 Å². The van der Waals surface area contributed by atoms with Crippen molar-refractivity contribution in [2.45, 2.75) is 32.1 Å². The third-order valence-corrected chi connectivity index (χ3v) is 5.51. The van der Waals surface area contributed by atoms with Gasteiger partial charge in [-0.25, -0.2) is 5.10 Å². The average molecular weight is 355 g/mol. The van der Waals surface area contributed by atoms with Crippen LogP contribution in [0.4, 0.5) is 0 Å². The Morgan fingerprint density at radius 2 is 1.96 bits per heavy atom. The van der Waals surface area contributed by atoms with Crippen molar-refractivity contribution in [1.29, 1.82) is 0 Å². The number of hydrogen-bond donors (Lipinski definition) is 2. The molecule has 26 heavy (non-hydrogen) atoms. The largest absolute Gasteiger partial charge is 0.396 e. The topological polar surface area (TPSA) is 69.2 Å². The summed E-state index contributed by atoms with van der Waals surface area (Å²) >= 11 is 0. The first kappa shape index (κ1) is 18.8. The molecule has 0 bridgehead atoms. The van der Waals surface area contributed by atoms with Crippen LogP contribution >= 0.6 is 0 Å². The second kappa shape index (κ2) is 9.10. The molecule has 0 radical (unpaired) electrons. The van der Waals surface area contributed by atoms with Gasteiger partial charge in [-0.05, 0) is 42.7 Å². The van der Waals surface area contributed by atoms with Crippen molar-refractivity contribution >= 4 is 0 Å². The predicted molar refractivity (Wildman–Crippen MR) is 103 cm³/mol. The first-order chi connectivity index (χ1) is 12.7. The quantitative estimate of drug-likeness (QED) is 0.763. The van der Waals surface area contributed by atoms with Gasteiger partial charge in [-0.1, -0.05) is 37.3 Å². The van der Waals surface area contributed by atoms with E-state index in [9.17, 15) is 9.90 Å². The van der Waals surface area contributed by atoms with Gasteiger partial charge < -0.3 is 10.0 Å². The maximum Gasteiger partial charge on any atom is 0.264 e. The Bertz CT molecular complexity index is 711. The van der Waals surface area contributed by atoms with Gasteiger partial charge in [0.25, 0.3) is 5.56 Å². The molecule has 3 atom stereocenters. The van der Waals surface area contributed by atoms with Gasteiger partial charge in [0.1, 0.15) is 0 Å². The summed E-state index contributed by atoms with van der Waals surface area (Å²) in [5.41, 5.74) is 2.14. The minimum atomic E-state index is -0.166. The summed E-state index contributed by atoms with van der Waals surface area (Å²) in [5, 5.41) is 16.4. The summed E-state index contributed by atoms with van der Waals surface area (Å²) in [6.07, 6.45) is 3.42. The highest BCUT2D eigenvalue weighted by molar-refractivity contribution is 5.14. The fourth-order valence-corrected chi connectivity index (χ4v) is 4.04. The number of aliphatic hydroxyl groups excluding tert-OH is 1. The predicted octanol–water partition coefficient (Wildman–Crippen LogP) is 2.44. The number of hydrogen-bond acceptors (Lipinski definition) is 4. The zero-order chi connectivity index (χ0) is 18.4. The molecule has 1 unspecified atom stereocenters. The van der Waals surface area contributed by atoms with Crippen LogP contribution in [0, 0.1) is 11.8 Å². The Kier molecular flexibility index (Phi) is 6.58. The highest BCUT2D eigenvalue weighted by Crippen LogP contribution is 2.29. The Morgan fingerprint density at radius 3 is 2.65 bits per heavy atom. The van der Waals surface area contributed by atoms with Gasteiger partial charge in [-0.2, -0.15) is 5.10 Å². The lowest BCUT2D eigenvalue weighted by molar-refractivity contribution is 0.195. The smallest absolute Gasteiger partial charge is 0.264 e. The van der Waals surface area contributed by atoms with Crippen LogP contribution in [-0.4, -0.2) is 46.4 Å². The van der Waals surface area contributed by atoms with Crippen molar-refractivity contribution in [2.75, 3.05) is 26.2 Å². The number of benzene rings is 1. The summed E-state index contributed by atoms with van der Waals surface area (Å²) in [5.74, 6) is 1.18. The van der Waals surface area contributed by atoms with Gasteiger partial charge in [-0.3, -0.25) is 4.79 Å². The fourth-order valence-electron chi connectivity index (χ4n) is 4.04. The lowest BCUT2D eigenvalue weighted by Gasteiger charge is -2.20. The molecule has 2 aromatic rings. The zero-order valence-electron chi connectivity index (χ0n) is 15.5. The van der Waals surface area contributed by atoms with Crippen molar-refractivity contribution in [1.82, 2.24) is 15.1 Å². The Labute approximate surface area is 155 Å². The normalized spacial score (nSPS) is 21.8. The summed E-state index contributed by atoms with van der Waals surface area (Å²) < 4.78 is 0. The molecule has 0 aliphatic carbocycles. The van der Waals surface area contributed by atoms with Gasteiger partial charge in [0.05, 0.1) is 5.69 Å². The number of aromatic nitrogens is 2. The fraction of sp³-hybridized carbons (Fsp3) is 0.524. The molecular weight excluding hydrogens is 326 g/mol. The first-order valence-corrected chi connectivity index (χ1v) is 9.58. The van der Waals surface area contributed by atoms with Crippen LogP contribution in [0.25, 0.3) is 0 Å². The first-order valence-electron chi connectivity index (χ1n) is 9.58. The summed E-state index contributed by atoms with van der Waals surface area (Å²) in [6.45, 7) is 5.29. The van der Waals surface area contributed by atoms with E-state index in [1.165, 1.54) is 11.6 Å². The molecule has 3 rings (SSSR count). The molecule has 1 aromatic heterocycles. The number of H-pyrrole nitrogens is 1. The molecule has 2 heterocycles. The van der Waals surface area contributed by atoms with E-state index in [4.69, 9.17) is 0 Å². The lowest BCUT2D eigenvalue weighted by Crippen LogP contribution is -2.27. The van der Waals surface area contributed by atoms with Gasteiger partial charge in [-0.15, -0.1) is 0 Å². The Morgan fingerprint density at radius 1 is 1.19 bits per heavy atom. The van der Waals surface area contributed by atoms with Gasteiger partial charge in [0, 0.05) is 38.2 Å². The summed E-state index contributed by atoms with van der Waals surface area (Å²) in [4.78, 5) is 13.6. The molecule has 1 fully saturated rings. The Balaban J connectivity index is 1.49. The third kappa shape index (κ3) is 5.02. The molecule has 5 nitrogen and oxygen atoms in total. The standard InChI is InChI=1S/C21H29N3O2/c1-16(20-10-11-21(26)23-22-20)12-24-13-18(19(14-24)15-25)9-5-8-17-6-3-2-4-7-17/h2-4,6-7,10-11,16,18-19,25H,5,8-9,12-15H2,1H3,(H,23,26)/t16?,18-,19-/m1/s1. The van der Waals surface area contributed by atoms with Crippen LogP contribution < -0.4 is 5.56 Å². The van der Waals surface area contributed by atoms with Crippen LogP contribution in [0.2, 0.25) is 0 Å². The minimum Gasteiger partial charge on any atom is -0.396 e. The maximum absolute atomic E-state index is 11.2. The molecule has 1 saturated heterocycles. The van der Waals surface area contributed by atoms with E-state index in [0.717, 1.165) is 44.6 Å². The van der Waals surface area contributed by atoms with Crippen molar-refractivity contribution in [3.05, 3.63) is 64.1 Å². The van der Waals surface area contributed by atoms with Crippen LogP contribution in [0.3, 0.4) is 0 Å². The van der Waals surface area contributed by atoms with E-state index in [1.807, 2.05) is 0 Å². The van der Waals surface area contributed by atoms with E-state index in [0.29, 0.717) is 11.8 Å². The molecule has 140 valence electrons. The second-order valence-corrected chi connectivity index (χ2v) is 7.55. The van der Waals surface area contributed by atoms with E-state index in [2.05, 4.69) is 52.4 Å². The summed E-state index contributed by atoms with van der Waals surface area (Å²) in [7, 11) is 0. The van der Waals surface area contributed by atoms with Gasteiger partial charge >= 0.3 is 0 Å². The molecule has 5 heteroatoms. The van der Waals surface area contributed by atoms with E-state index >= 15 is 0 Å². The SMILES string of the molecule is CC(CN1C[C@@H](CCCc2ccccc2)[C@@H](CO)C1)c1ccc(=O)[nH]n1. The van der Waals surface area contributed by atoms with E-state index in [-0.39, 0.29) is 18.1 Å². The lowest BCUT2D eigenvalue weighted by atomic mass is 9.91. The molecule has 0 amide bonds. The van der Waals surface area contributed by atoms with E-state index < -0.39 is 0 Å². The van der Waals surface area contributed by atoms with Crippen molar-refractivity contribution in [3.8, 4) is 0 Å². The summed E-state index contributed by atoms with van der Waals surface area (Å²) in [6, 6.07) is 13.9. The van der Waals surface area contributed by atoms with E-state index in [1.54, 1.807) is 6.07 Å². The number of aryl methyl sites for hydroxylation is 1. The number of aliphatic hydroxyl groups is 1. The van der Waals surface area contributed by atoms with Crippen molar-refractivity contribution in [3.63, 3.8) is 0 Å². The number of likely N-dealkylation sites (tertiary alicyclic amines) is 1. The zero-order valence-corrected chi connectivity index (χ0v) is 15.5. The van der Waals surface area contributed by atoms with Crippen LogP contribution in [-0.2, 0) is 6.42 Å².